The third-order valence-electron chi connectivity index (χ3n) is 18.1. The Balaban J connectivity index is 0.00000636. The van der Waals surface area contributed by atoms with Gasteiger partial charge in [0.25, 0.3) is 0 Å². The maximum absolute atomic E-state index is 6.19. The van der Waals surface area contributed by atoms with Gasteiger partial charge in [-0.3, -0.25) is 0 Å². The van der Waals surface area contributed by atoms with Crippen LogP contribution in [0, 0.1) is 0 Å². The number of nitrogens with zero attached hydrogens (tertiary/aromatic N) is 4. The first-order valence-electron chi connectivity index (χ1n) is 29.8. The van der Waals surface area contributed by atoms with E-state index in [1.807, 2.05) is 24.3 Å². The van der Waals surface area contributed by atoms with Gasteiger partial charge < -0.3 is 9.97 Å². The van der Waals surface area contributed by atoms with Crippen LogP contribution in [0.1, 0.15) is 22.3 Å². The van der Waals surface area contributed by atoms with Crippen molar-refractivity contribution in [3.05, 3.63) is 291 Å². The molecule has 0 saturated heterocycles. The maximum Gasteiger partial charge on any atom is 2.00 e. The van der Waals surface area contributed by atoms with Crippen LogP contribution in [0.4, 0.5) is 0 Å². The minimum absolute atomic E-state index is 0. The van der Waals surface area contributed by atoms with Crippen molar-refractivity contribution in [2.75, 3.05) is 0 Å². The second-order valence-corrected chi connectivity index (χ2v) is 23.0. The molecule has 2 aromatic heterocycles. The topological polar surface area (TPSA) is 54.0 Å². The van der Waals surface area contributed by atoms with Crippen LogP contribution in [0.2, 0.25) is 0 Å². The van der Waals surface area contributed by atoms with Gasteiger partial charge in [-0.2, -0.15) is 0 Å². The van der Waals surface area contributed by atoms with Crippen LogP contribution in [-0.4, -0.2) is 9.97 Å². The fraction of sp³-hybridized carbons (Fsp3) is 0. The van der Waals surface area contributed by atoms with Crippen molar-refractivity contribution in [1.29, 1.82) is 0 Å². The van der Waals surface area contributed by atoms with Gasteiger partial charge in [0.2, 0.25) is 0 Å². The first-order valence-corrected chi connectivity index (χ1v) is 29.8. The fourth-order valence-electron chi connectivity index (χ4n) is 13.7. The van der Waals surface area contributed by atoms with Crippen LogP contribution in [0.25, 0.3) is 201 Å². The predicted molar refractivity (Wildman–Crippen MR) is 375 cm³/mol. The van der Waals surface area contributed by atoms with Crippen molar-refractivity contribution >= 4 is 111 Å². The molecule has 0 atom stereocenters. The van der Waals surface area contributed by atoms with Crippen LogP contribution in [-0.2, 0) is 20.4 Å². The third kappa shape index (κ3) is 8.54. The Morgan fingerprint density at radius 2 is 0.438 bits per heavy atom. The first-order chi connectivity index (χ1) is 43.4. The van der Waals surface area contributed by atoms with E-state index in [1.54, 1.807) is 0 Å². The van der Waals surface area contributed by atoms with E-state index in [1.165, 1.54) is 0 Å². The van der Waals surface area contributed by atoms with E-state index in [9.17, 15) is 0 Å². The van der Waals surface area contributed by atoms with Crippen molar-refractivity contribution in [1.82, 2.24) is 19.9 Å². The zero-order valence-electron chi connectivity index (χ0n) is 48.3. The Kier molecular flexibility index (Phi) is 12.7. The average Bonchev–Trinajstić information content (AvgIpc) is 1.63. The molecule has 0 amide bonds. The molecule has 1 aliphatic carbocycles. The summed E-state index contributed by atoms with van der Waals surface area (Å²) in [6, 6.07) is 88.0. The summed E-state index contributed by atoms with van der Waals surface area (Å²) in [5, 5.41) is 12.8. The number of hydrogen-bond acceptors (Lipinski definition) is 2. The number of rotatable bonds is 8. The summed E-state index contributed by atoms with van der Waals surface area (Å²) in [7, 11) is 0. The van der Waals surface area contributed by atoms with Crippen molar-refractivity contribution in [2.24, 2.45) is 0 Å². The molecule has 0 radical (unpaired) electrons. The summed E-state index contributed by atoms with van der Waals surface area (Å²) in [5.74, 6) is 0. The minimum Gasteiger partial charge on any atom is -0.656 e. The molecule has 3 aliphatic rings. The van der Waals surface area contributed by atoms with Gasteiger partial charge in [-0.1, -0.05) is 245 Å². The van der Waals surface area contributed by atoms with Gasteiger partial charge >= 0.3 is 20.4 Å². The Hall–Kier alpha value is -11.1. The fourth-order valence-corrected chi connectivity index (χ4v) is 13.7. The molecule has 2 aliphatic heterocycles. The number of fused-ring (bicyclic) bond motifs is 4. The normalized spacial score (nSPS) is 11.7. The molecule has 4 nitrogen and oxygen atoms in total. The molecule has 12 aromatic carbocycles. The zero-order chi connectivity index (χ0) is 58.7. The number of benzene rings is 12. The van der Waals surface area contributed by atoms with Gasteiger partial charge in [0.05, 0.1) is 22.8 Å². The largest absolute Gasteiger partial charge is 2.00 e. The molecule has 0 saturated carbocycles. The monoisotopic (exact) mass is 1220 g/mol. The summed E-state index contributed by atoms with van der Waals surface area (Å²) >= 11 is 0. The number of aromatic nitrogens is 4. The third-order valence-corrected chi connectivity index (χ3v) is 18.1. The van der Waals surface area contributed by atoms with E-state index < -0.39 is 0 Å². The van der Waals surface area contributed by atoms with Gasteiger partial charge in [-0.25, -0.2) is 9.97 Å². The van der Waals surface area contributed by atoms with Crippen molar-refractivity contribution in [3.8, 4) is 89.5 Å². The molecule has 0 N–H and O–H groups in total. The summed E-state index contributed by atoms with van der Waals surface area (Å²) in [6.07, 6.45) is 7.59. The molecule has 5 heteroatoms. The molecule has 0 unspecified atom stereocenters. The smallest absolute Gasteiger partial charge is 0.656 e. The van der Waals surface area contributed by atoms with Crippen LogP contribution in [0.15, 0.2) is 269 Å². The SMILES string of the molecule is C=Cc1ccc(-c2c3nc(c(-c4ccc(C=C)cc4)c4[n-]c(c(-c5ccc(C=C)cc5)c5nc(c(-c6ccc(C=C)cc6)c6[n-]c2c2cc7ccccc7cc62)-c2cc6ccccc6cc2-5)c2cc5ccccc5cc42)-c2cc4ccccc4cc2-3)cc1.[Pd+2]. The van der Waals surface area contributed by atoms with E-state index in [-0.39, 0.29) is 20.4 Å². The Bertz CT molecular complexity index is 5030. The quantitative estimate of drug-likeness (QED) is 0.142. The average molecular weight is 1220 g/mol. The second kappa shape index (κ2) is 21.1. The minimum atomic E-state index is 0. The van der Waals surface area contributed by atoms with Gasteiger partial charge in [0.15, 0.2) is 0 Å². The summed E-state index contributed by atoms with van der Waals surface area (Å²) < 4.78 is 0. The van der Waals surface area contributed by atoms with Gasteiger partial charge in [0.1, 0.15) is 0 Å². The molecule has 0 spiro atoms. The Morgan fingerprint density at radius 1 is 0.247 bits per heavy atom. The molecular weight excluding hydrogens is 1170 g/mol. The van der Waals surface area contributed by atoms with Crippen molar-refractivity contribution in [2.45, 2.75) is 0 Å². The molecule has 89 heavy (non-hydrogen) atoms. The van der Waals surface area contributed by atoms with Gasteiger partial charge in [-0.05, 0) is 180 Å². The summed E-state index contributed by atoms with van der Waals surface area (Å²) in [4.78, 5) is 24.8. The Labute approximate surface area is 528 Å². The van der Waals surface area contributed by atoms with E-state index in [2.05, 4.69) is 269 Å². The predicted octanol–water partition coefficient (Wildman–Crippen LogP) is 22.4. The van der Waals surface area contributed by atoms with Crippen LogP contribution < -0.4 is 9.97 Å². The van der Waals surface area contributed by atoms with Crippen molar-refractivity contribution < 1.29 is 20.4 Å². The number of hydrogen-bond donors (Lipinski definition) is 0. The van der Waals surface area contributed by atoms with E-state index in [0.29, 0.717) is 0 Å². The van der Waals surface area contributed by atoms with Crippen LogP contribution in [0.3, 0.4) is 0 Å². The molecule has 0 fully saturated rings. The Morgan fingerprint density at radius 3 is 0.629 bits per heavy atom. The van der Waals surface area contributed by atoms with E-state index in [0.717, 1.165) is 198 Å². The zero-order valence-corrected chi connectivity index (χ0v) is 49.9. The molecule has 8 bridgehead atoms. The molecular formula is C84H52N4Pd. The second-order valence-electron chi connectivity index (χ2n) is 23.0. The maximum atomic E-state index is 6.19. The standard InChI is InChI=1S/C84H52N4.Pd/c1-5-49-25-33-53(34-26-49)73-77-65-41-57-17-9-11-19-59(57)43-67(65)79(85-77)74(54-35-27-50(6-2)28-36-54)81-69-45-61-21-13-15-23-63(61)47-71(69)83(87-81)76(56-39-31-52(8-4)32-40-56)84-72-48-64-24-16-14-22-62(64)46-70(72)82(88-84)75(55-37-29-51(7-3)30-38-55)80-68-44-60-20-12-10-18-58(60)42-66(68)78(73)86-80;/h5-48H,1-4H2;/q-2;+2. The molecule has 14 aromatic rings. The van der Waals surface area contributed by atoms with Gasteiger partial charge in [0, 0.05) is 22.3 Å². The molecule has 17 rings (SSSR count). The van der Waals surface area contributed by atoms with Crippen LogP contribution in [0.5, 0.6) is 0 Å². The van der Waals surface area contributed by atoms with E-state index in [4.69, 9.17) is 19.9 Å². The first kappa shape index (κ1) is 53.4. The van der Waals surface area contributed by atoms with Gasteiger partial charge in [-0.15, -0.1) is 22.1 Å². The molecule has 4 heterocycles. The van der Waals surface area contributed by atoms with Crippen LogP contribution >= 0.6 is 0 Å². The molecule has 418 valence electrons. The van der Waals surface area contributed by atoms with Crippen molar-refractivity contribution in [3.63, 3.8) is 0 Å². The summed E-state index contributed by atoms with van der Waals surface area (Å²) in [5.41, 5.74) is 22.0. The summed E-state index contributed by atoms with van der Waals surface area (Å²) in [6.45, 7) is 16.7. The van der Waals surface area contributed by atoms with E-state index >= 15 is 0 Å².